The molecule has 1 amide bonds. The average Bonchev–Trinajstić information content (AvgIpc) is 2.70. The number of hydrogen-bond donors (Lipinski definition) is 0. The van der Waals surface area contributed by atoms with Gasteiger partial charge in [0, 0.05) is 19.6 Å². The van der Waals surface area contributed by atoms with E-state index in [0.717, 1.165) is 44.4 Å². The van der Waals surface area contributed by atoms with Gasteiger partial charge in [-0.1, -0.05) is 13.8 Å². The second kappa shape index (κ2) is 5.20. The fraction of sp³-hybridized carbons (Fsp3) is 0.933. The van der Waals surface area contributed by atoms with Crippen LogP contribution in [0.3, 0.4) is 0 Å². The van der Waals surface area contributed by atoms with Gasteiger partial charge in [0.15, 0.2) is 0 Å². The van der Waals surface area contributed by atoms with Crippen molar-refractivity contribution in [3.8, 4) is 0 Å². The molecule has 1 atom stereocenters. The number of amides is 1. The first kappa shape index (κ1) is 13.9. The Labute approximate surface area is 112 Å². The Morgan fingerprint density at radius 3 is 2.28 bits per heavy atom. The molecule has 2 saturated heterocycles. The Morgan fingerprint density at radius 2 is 1.83 bits per heavy atom. The number of likely N-dealkylation sites (tertiary alicyclic amines) is 2. The highest BCUT2D eigenvalue weighted by Gasteiger charge is 2.42. The van der Waals surface area contributed by atoms with Crippen molar-refractivity contribution in [2.75, 3.05) is 33.2 Å². The lowest BCUT2D eigenvalue weighted by atomic mass is 9.84. The maximum atomic E-state index is 12.6. The Balaban J connectivity index is 1.92. The maximum Gasteiger partial charge on any atom is 0.229 e. The van der Waals surface area contributed by atoms with Crippen LogP contribution in [-0.2, 0) is 4.79 Å². The molecule has 2 rings (SSSR count). The smallest absolute Gasteiger partial charge is 0.229 e. The number of piperidine rings is 1. The molecule has 2 aliphatic rings. The van der Waals surface area contributed by atoms with Crippen LogP contribution in [0.2, 0.25) is 0 Å². The fourth-order valence-electron chi connectivity index (χ4n) is 3.52. The van der Waals surface area contributed by atoms with Gasteiger partial charge in [0.1, 0.15) is 0 Å². The molecule has 0 saturated carbocycles. The minimum atomic E-state index is -0.126. The largest absolute Gasteiger partial charge is 0.342 e. The predicted octanol–water partition coefficient (Wildman–Crippen LogP) is 2.22. The standard InChI is InChI=1S/C15H28N2O/c1-12(2)13-5-8-17(9-6-13)14(18)15(3)7-10-16(4)11-15/h12-13H,5-11H2,1-4H3. The van der Waals surface area contributed by atoms with Crippen molar-refractivity contribution < 1.29 is 4.79 Å². The van der Waals surface area contributed by atoms with E-state index in [-0.39, 0.29) is 5.41 Å². The quantitative estimate of drug-likeness (QED) is 0.752. The highest BCUT2D eigenvalue weighted by Crippen LogP contribution is 2.33. The van der Waals surface area contributed by atoms with Gasteiger partial charge in [-0.3, -0.25) is 4.79 Å². The molecule has 2 fully saturated rings. The Bertz CT molecular complexity index is 308. The van der Waals surface area contributed by atoms with Crippen LogP contribution in [0.5, 0.6) is 0 Å². The van der Waals surface area contributed by atoms with Gasteiger partial charge < -0.3 is 9.80 Å². The van der Waals surface area contributed by atoms with Gasteiger partial charge in [0.05, 0.1) is 5.41 Å². The third-order valence-corrected chi connectivity index (χ3v) is 4.95. The molecule has 0 aromatic carbocycles. The van der Waals surface area contributed by atoms with E-state index in [9.17, 15) is 4.79 Å². The van der Waals surface area contributed by atoms with E-state index in [1.54, 1.807) is 0 Å². The summed E-state index contributed by atoms with van der Waals surface area (Å²) in [7, 11) is 2.11. The first-order valence-electron chi connectivity index (χ1n) is 7.40. The highest BCUT2D eigenvalue weighted by molar-refractivity contribution is 5.83. The normalized spacial score (nSPS) is 31.3. The number of rotatable bonds is 2. The Morgan fingerprint density at radius 1 is 1.22 bits per heavy atom. The Hall–Kier alpha value is -0.570. The lowest BCUT2D eigenvalue weighted by molar-refractivity contribution is -0.142. The van der Waals surface area contributed by atoms with Crippen LogP contribution in [0, 0.1) is 17.3 Å². The lowest BCUT2D eigenvalue weighted by Gasteiger charge is -2.38. The summed E-state index contributed by atoms with van der Waals surface area (Å²) < 4.78 is 0. The molecule has 0 aromatic heterocycles. The summed E-state index contributed by atoms with van der Waals surface area (Å²) in [4.78, 5) is 17.0. The van der Waals surface area contributed by atoms with Gasteiger partial charge in [-0.15, -0.1) is 0 Å². The van der Waals surface area contributed by atoms with Crippen molar-refractivity contribution in [1.82, 2.24) is 9.80 Å². The van der Waals surface area contributed by atoms with Gasteiger partial charge in [0.25, 0.3) is 0 Å². The number of carbonyl (C=O) groups is 1. The Kier molecular flexibility index (Phi) is 4.00. The van der Waals surface area contributed by atoms with E-state index in [4.69, 9.17) is 0 Å². The number of carbonyl (C=O) groups excluding carboxylic acids is 1. The molecule has 3 nitrogen and oxygen atoms in total. The average molecular weight is 252 g/mol. The van der Waals surface area contributed by atoms with Crippen LogP contribution in [-0.4, -0.2) is 48.9 Å². The molecule has 18 heavy (non-hydrogen) atoms. The molecule has 0 spiro atoms. The lowest BCUT2D eigenvalue weighted by Crippen LogP contribution is -2.47. The van der Waals surface area contributed by atoms with Gasteiger partial charge in [0.2, 0.25) is 5.91 Å². The molecule has 0 aromatic rings. The van der Waals surface area contributed by atoms with Crippen LogP contribution in [0.4, 0.5) is 0 Å². The van der Waals surface area contributed by atoms with Crippen molar-refractivity contribution in [3.05, 3.63) is 0 Å². The molecular formula is C15H28N2O. The van der Waals surface area contributed by atoms with Crippen molar-refractivity contribution >= 4 is 5.91 Å². The second-order valence-electron chi connectivity index (χ2n) is 6.92. The molecule has 0 bridgehead atoms. The summed E-state index contributed by atoms with van der Waals surface area (Å²) in [6.07, 6.45) is 3.40. The molecule has 2 heterocycles. The van der Waals surface area contributed by atoms with Crippen LogP contribution < -0.4 is 0 Å². The highest BCUT2D eigenvalue weighted by atomic mass is 16.2. The van der Waals surface area contributed by atoms with E-state index in [1.807, 2.05) is 0 Å². The minimum absolute atomic E-state index is 0.126. The van der Waals surface area contributed by atoms with Gasteiger partial charge in [-0.05, 0) is 51.6 Å². The SMILES string of the molecule is CC(C)C1CCN(C(=O)C2(C)CCN(C)C2)CC1. The molecular weight excluding hydrogens is 224 g/mol. The van der Waals surface area contributed by atoms with E-state index in [2.05, 4.69) is 37.6 Å². The van der Waals surface area contributed by atoms with Crippen LogP contribution in [0.25, 0.3) is 0 Å². The number of hydrogen-bond acceptors (Lipinski definition) is 2. The molecule has 104 valence electrons. The van der Waals surface area contributed by atoms with Crippen LogP contribution >= 0.6 is 0 Å². The van der Waals surface area contributed by atoms with E-state index >= 15 is 0 Å². The van der Waals surface area contributed by atoms with Gasteiger partial charge in [-0.25, -0.2) is 0 Å². The maximum absolute atomic E-state index is 12.6. The molecule has 0 aliphatic carbocycles. The van der Waals surface area contributed by atoms with E-state index in [1.165, 1.54) is 12.8 Å². The summed E-state index contributed by atoms with van der Waals surface area (Å²) in [6, 6.07) is 0. The van der Waals surface area contributed by atoms with E-state index < -0.39 is 0 Å². The number of nitrogens with zero attached hydrogens (tertiary/aromatic N) is 2. The second-order valence-corrected chi connectivity index (χ2v) is 6.92. The molecule has 0 N–H and O–H groups in total. The molecule has 3 heteroatoms. The molecule has 0 radical (unpaired) electrons. The van der Waals surface area contributed by atoms with Crippen molar-refractivity contribution in [1.29, 1.82) is 0 Å². The molecule has 2 aliphatic heterocycles. The summed E-state index contributed by atoms with van der Waals surface area (Å²) in [5, 5.41) is 0. The zero-order valence-corrected chi connectivity index (χ0v) is 12.4. The first-order chi connectivity index (χ1) is 8.42. The van der Waals surface area contributed by atoms with Crippen molar-refractivity contribution in [2.45, 2.75) is 40.0 Å². The summed E-state index contributed by atoms with van der Waals surface area (Å²) in [6.45, 7) is 10.7. The summed E-state index contributed by atoms with van der Waals surface area (Å²) in [5.74, 6) is 1.97. The zero-order valence-electron chi connectivity index (χ0n) is 12.4. The zero-order chi connectivity index (χ0) is 13.3. The summed E-state index contributed by atoms with van der Waals surface area (Å²) in [5.41, 5.74) is -0.126. The van der Waals surface area contributed by atoms with Crippen molar-refractivity contribution in [3.63, 3.8) is 0 Å². The van der Waals surface area contributed by atoms with Gasteiger partial charge >= 0.3 is 0 Å². The first-order valence-corrected chi connectivity index (χ1v) is 7.40. The predicted molar refractivity (Wildman–Crippen MR) is 74.4 cm³/mol. The van der Waals surface area contributed by atoms with Gasteiger partial charge in [-0.2, -0.15) is 0 Å². The molecule has 1 unspecified atom stereocenters. The third kappa shape index (κ3) is 2.71. The monoisotopic (exact) mass is 252 g/mol. The third-order valence-electron chi connectivity index (χ3n) is 4.95. The van der Waals surface area contributed by atoms with Crippen molar-refractivity contribution in [2.24, 2.45) is 17.3 Å². The van der Waals surface area contributed by atoms with E-state index in [0.29, 0.717) is 5.91 Å². The van der Waals surface area contributed by atoms with Crippen LogP contribution in [0.15, 0.2) is 0 Å². The minimum Gasteiger partial charge on any atom is -0.342 e. The summed E-state index contributed by atoms with van der Waals surface area (Å²) >= 11 is 0. The fourth-order valence-corrected chi connectivity index (χ4v) is 3.52. The van der Waals surface area contributed by atoms with Crippen LogP contribution in [0.1, 0.15) is 40.0 Å². The topological polar surface area (TPSA) is 23.6 Å².